The average molecular weight is 382 g/mol. The molecule has 1 aliphatic rings. The highest BCUT2D eigenvalue weighted by Crippen LogP contribution is 2.34. The van der Waals surface area contributed by atoms with Gasteiger partial charge < -0.3 is 14.8 Å². The maximum atomic E-state index is 12.4. The number of urea groups is 1. The molecule has 0 saturated heterocycles. The molecule has 2 amide bonds. The van der Waals surface area contributed by atoms with Crippen molar-refractivity contribution in [2.45, 2.75) is 20.8 Å². The number of benzene rings is 1. The summed E-state index contributed by atoms with van der Waals surface area (Å²) in [5.74, 6) is 1.78. The summed E-state index contributed by atoms with van der Waals surface area (Å²) in [5, 5.41) is 9.74. The number of carbonyl (C=O) groups excluding carboxylic acids is 1. The number of hydrogen-bond donors (Lipinski definition) is 3. The van der Waals surface area contributed by atoms with Gasteiger partial charge in [-0.2, -0.15) is 9.78 Å². The number of nitrogens with one attached hydrogen (secondary N) is 3. The summed E-state index contributed by atoms with van der Waals surface area (Å²) in [6, 6.07) is 6.29. The minimum atomic E-state index is -0.480. The highest BCUT2D eigenvalue weighted by atomic mass is 16.7. The highest BCUT2D eigenvalue weighted by molar-refractivity contribution is 5.99. The number of aromatic nitrogens is 4. The normalized spacial score (nSPS) is 12.1. The van der Waals surface area contributed by atoms with Gasteiger partial charge in [0.1, 0.15) is 5.82 Å². The topological polar surface area (TPSA) is 123 Å². The maximum absolute atomic E-state index is 12.4. The number of rotatable bonds is 3. The molecule has 3 N–H and O–H groups in total. The molecular formula is C18H18N6O4. The van der Waals surface area contributed by atoms with Crippen molar-refractivity contribution in [3.05, 3.63) is 51.6 Å². The molecule has 0 atom stereocenters. The fraction of sp³-hybridized carbons (Fsp3) is 0.222. The third-order valence-electron chi connectivity index (χ3n) is 4.29. The van der Waals surface area contributed by atoms with Crippen molar-refractivity contribution in [1.29, 1.82) is 0 Å². The Hall–Kier alpha value is -3.82. The summed E-state index contributed by atoms with van der Waals surface area (Å²) in [7, 11) is 0. The molecule has 0 spiro atoms. The first kappa shape index (κ1) is 17.6. The molecule has 0 bridgehead atoms. The summed E-state index contributed by atoms with van der Waals surface area (Å²) in [5.41, 5.74) is 2.05. The predicted octanol–water partition coefficient (Wildman–Crippen LogP) is 2.25. The quantitative estimate of drug-likeness (QED) is 0.638. The number of aromatic amines is 1. The zero-order valence-electron chi connectivity index (χ0n) is 15.5. The van der Waals surface area contributed by atoms with E-state index in [2.05, 4.69) is 25.7 Å². The number of fused-ring (bicyclic) bond motifs is 1. The average Bonchev–Trinajstić information content (AvgIpc) is 3.25. The van der Waals surface area contributed by atoms with Crippen molar-refractivity contribution in [2.24, 2.45) is 0 Å². The fourth-order valence-corrected chi connectivity index (χ4v) is 2.73. The first-order chi connectivity index (χ1) is 13.4. The number of anilines is 2. The Balaban J connectivity index is 1.57. The van der Waals surface area contributed by atoms with Crippen LogP contribution in [0, 0.1) is 20.8 Å². The molecule has 0 aliphatic carbocycles. The van der Waals surface area contributed by atoms with E-state index in [1.807, 2.05) is 0 Å². The van der Waals surface area contributed by atoms with Gasteiger partial charge in [-0.3, -0.25) is 15.1 Å². The molecule has 1 aromatic carbocycles. The van der Waals surface area contributed by atoms with Crippen LogP contribution < -0.4 is 25.7 Å². The lowest BCUT2D eigenvalue weighted by Gasteiger charge is -2.10. The zero-order chi connectivity index (χ0) is 19.8. The minimum Gasteiger partial charge on any atom is -0.454 e. The Bertz CT molecular complexity index is 1130. The molecule has 0 unspecified atom stereocenters. The Labute approximate surface area is 159 Å². The van der Waals surface area contributed by atoms with Crippen LogP contribution in [0.3, 0.4) is 0 Å². The van der Waals surface area contributed by atoms with Crippen molar-refractivity contribution >= 4 is 17.5 Å². The fourth-order valence-electron chi connectivity index (χ4n) is 2.73. The van der Waals surface area contributed by atoms with Crippen molar-refractivity contribution in [2.75, 3.05) is 17.4 Å². The lowest BCUT2D eigenvalue weighted by molar-refractivity contribution is 0.174. The summed E-state index contributed by atoms with van der Waals surface area (Å²) < 4.78 is 11.9. The first-order valence-corrected chi connectivity index (χ1v) is 8.53. The van der Waals surface area contributed by atoms with Gasteiger partial charge in [-0.25, -0.2) is 9.78 Å². The van der Waals surface area contributed by atoms with Gasteiger partial charge in [-0.05, 0) is 32.9 Å². The zero-order valence-corrected chi connectivity index (χ0v) is 15.5. The molecule has 4 rings (SSSR count). The van der Waals surface area contributed by atoms with Gasteiger partial charge in [0.15, 0.2) is 11.5 Å². The van der Waals surface area contributed by atoms with Crippen LogP contribution in [0.4, 0.5) is 16.3 Å². The standard InChI is InChI=1S/C18H18N6O4/c1-9-6-15(24(23-9)17-19-11(3)10(2)16(25)22-17)21-18(26)20-12-4-5-13-14(7-12)28-8-27-13/h4-7H,8H2,1-3H3,(H,19,22,25)(H2,20,21,26). The Kier molecular flexibility index (Phi) is 4.22. The molecule has 28 heavy (non-hydrogen) atoms. The monoisotopic (exact) mass is 382 g/mol. The van der Waals surface area contributed by atoms with Crippen LogP contribution in [-0.4, -0.2) is 32.6 Å². The Morgan fingerprint density at radius 3 is 2.71 bits per heavy atom. The van der Waals surface area contributed by atoms with E-state index in [4.69, 9.17) is 9.47 Å². The van der Waals surface area contributed by atoms with Crippen LogP contribution in [0.15, 0.2) is 29.1 Å². The number of H-pyrrole nitrogens is 1. The molecule has 3 aromatic rings. The van der Waals surface area contributed by atoms with Crippen LogP contribution in [0.5, 0.6) is 11.5 Å². The van der Waals surface area contributed by atoms with Gasteiger partial charge in [-0.1, -0.05) is 0 Å². The summed E-state index contributed by atoms with van der Waals surface area (Å²) in [4.78, 5) is 31.5. The molecule has 10 heteroatoms. The molecule has 144 valence electrons. The van der Waals surface area contributed by atoms with Crippen LogP contribution in [-0.2, 0) is 0 Å². The Morgan fingerprint density at radius 2 is 1.93 bits per heavy atom. The molecule has 0 radical (unpaired) electrons. The van der Waals surface area contributed by atoms with Gasteiger partial charge in [-0.15, -0.1) is 0 Å². The van der Waals surface area contributed by atoms with Gasteiger partial charge >= 0.3 is 6.03 Å². The van der Waals surface area contributed by atoms with Crippen molar-refractivity contribution in [3.8, 4) is 17.4 Å². The second kappa shape index (κ2) is 6.72. The lowest BCUT2D eigenvalue weighted by atomic mass is 10.3. The number of aryl methyl sites for hydroxylation is 2. The van der Waals surface area contributed by atoms with Crippen LogP contribution in [0.2, 0.25) is 0 Å². The van der Waals surface area contributed by atoms with Crippen LogP contribution in [0.25, 0.3) is 5.95 Å². The SMILES string of the molecule is Cc1cc(NC(=O)Nc2ccc3c(c2)OCO3)n(-c2nc(C)c(C)c(=O)[nH]2)n1. The highest BCUT2D eigenvalue weighted by Gasteiger charge is 2.16. The summed E-state index contributed by atoms with van der Waals surface area (Å²) >= 11 is 0. The number of amides is 2. The number of carbonyl (C=O) groups is 1. The molecule has 2 aromatic heterocycles. The molecular weight excluding hydrogens is 364 g/mol. The molecule has 1 aliphatic heterocycles. The molecule has 10 nitrogen and oxygen atoms in total. The van der Waals surface area contributed by atoms with E-state index in [0.717, 1.165) is 0 Å². The molecule has 3 heterocycles. The smallest absolute Gasteiger partial charge is 0.324 e. The van der Waals surface area contributed by atoms with Crippen molar-refractivity contribution in [3.63, 3.8) is 0 Å². The predicted molar refractivity (Wildman–Crippen MR) is 101 cm³/mol. The van der Waals surface area contributed by atoms with Gasteiger partial charge in [0.25, 0.3) is 5.56 Å². The molecule has 0 fully saturated rings. The summed E-state index contributed by atoms with van der Waals surface area (Å²) in [6.45, 7) is 5.36. The molecule has 0 saturated carbocycles. The van der Waals surface area contributed by atoms with E-state index in [1.54, 1.807) is 45.0 Å². The van der Waals surface area contributed by atoms with Crippen LogP contribution >= 0.6 is 0 Å². The summed E-state index contributed by atoms with van der Waals surface area (Å²) in [6.07, 6.45) is 0. The number of ether oxygens (including phenoxy) is 2. The number of nitrogens with zero attached hydrogens (tertiary/aromatic N) is 3. The van der Waals surface area contributed by atoms with E-state index >= 15 is 0 Å². The third-order valence-corrected chi connectivity index (χ3v) is 4.29. The number of hydrogen-bond acceptors (Lipinski definition) is 6. The van der Waals surface area contributed by atoms with E-state index < -0.39 is 6.03 Å². The largest absolute Gasteiger partial charge is 0.454 e. The maximum Gasteiger partial charge on any atom is 0.324 e. The van der Waals surface area contributed by atoms with Gasteiger partial charge in [0.05, 0.1) is 5.69 Å². The minimum absolute atomic E-state index is 0.157. The van der Waals surface area contributed by atoms with Crippen LogP contribution in [0.1, 0.15) is 17.0 Å². The van der Waals surface area contributed by atoms with Gasteiger partial charge in [0, 0.05) is 29.1 Å². The Morgan fingerprint density at radius 1 is 1.14 bits per heavy atom. The second-order valence-corrected chi connectivity index (χ2v) is 6.33. The second-order valence-electron chi connectivity index (χ2n) is 6.33. The van der Waals surface area contributed by atoms with E-state index in [1.165, 1.54) is 4.68 Å². The van der Waals surface area contributed by atoms with Crippen molar-refractivity contribution in [1.82, 2.24) is 19.7 Å². The van der Waals surface area contributed by atoms with E-state index in [9.17, 15) is 9.59 Å². The van der Waals surface area contributed by atoms with Crippen molar-refractivity contribution < 1.29 is 14.3 Å². The van der Waals surface area contributed by atoms with Gasteiger partial charge in [0.2, 0.25) is 12.7 Å². The third kappa shape index (κ3) is 3.27. The lowest BCUT2D eigenvalue weighted by Crippen LogP contribution is -2.23. The first-order valence-electron chi connectivity index (χ1n) is 8.53. The van der Waals surface area contributed by atoms with E-state index in [-0.39, 0.29) is 18.3 Å². The van der Waals surface area contributed by atoms with E-state index in [0.29, 0.717) is 40.0 Å².